The van der Waals surface area contributed by atoms with Crippen molar-refractivity contribution in [2.75, 3.05) is 18.6 Å². The number of amides is 1. The van der Waals surface area contributed by atoms with Crippen molar-refractivity contribution in [3.05, 3.63) is 76.4 Å². The van der Waals surface area contributed by atoms with Crippen molar-refractivity contribution in [1.82, 2.24) is 19.7 Å². The van der Waals surface area contributed by atoms with Gasteiger partial charge in [-0.25, -0.2) is 4.79 Å². The molecule has 1 aliphatic heterocycles. The van der Waals surface area contributed by atoms with Gasteiger partial charge in [0.05, 0.1) is 17.3 Å². The quantitative estimate of drug-likeness (QED) is 0.433. The molecule has 37 heavy (non-hydrogen) atoms. The summed E-state index contributed by atoms with van der Waals surface area (Å²) in [4.78, 5) is 35.1. The number of hydrogen-bond acceptors (Lipinski definition) is 6. The minimum Gasteiger partial charge on any atom is -0.376 e. The summed E-state index contributed by atoms with van der Waals surface area (Å²) >= 11 is 0. The van der Waals surface area contributed by atoms with E-state index in [-0.39, 0.29) is 23.3 Å². The van der Waals surface area contributed by atoms with Gasteiger partial charge in [-0.3, -0.25) is 19.3 Å². The molecular weight excluding hydrogens is 470 g/mol. The second-order valence-corrected chi connectivity index (χ2v) is 11.0. The predicted octanol–water partition coefficient (Wildman–Crippen LogP) is 4.45. The monoisotopic (exact) mass is 501 g/mol. The number of aromatic nitrogens is 4. The van der Waals surface area contributed by atoms with Crippen molar-refractivity contribution in [1.29, 1.82) is 0 Å². The van der Waals surface area contributed by atoms with Gasteiger partial charge in [0.1, 0.15) is 11.2 Å². The summed E-state index contributed by atoms with van der Waals surface area (Å²) in [5.74, 6) is 0.0770. The number of carbonyl (C=O) groups excluding carboxylic acids is 1. The fraction of sp³-hybridized carbons (Fsp3) is 0.429. The van der Waals surface area contributed by atoms with Crippen molar-refractivity contribution in [2.45, 2.75) is 57.1 Å². The zero-order chi connectivity index (χ0) is 25.9. The van der Waals surface area contributed by atoms with Crippen LogP contribution in [0.3, 0.4) is 0 Å². The number of anilines is 1. The molecule has 3 aromatic heterocycles. The Morgan fingerprint density at radius 1 is 1.19 bits per heavy atom. The number of ether oxygens (including phenoxy) is 1. The summed E-state index contributed by atoms with van der Waals surface area (Å²) in [6, 6.07) is 13.6. The molecule has 1 N–H and O–H groups in total. The first-order valence-electron chi connectivity index (χ1n) is 12.7. The number of carbonyl (C=O) groups is 1. The van der Waals surface area contributed by atoms with Crippen molar-refractivity contribution < 1.29 is 14.1 Å². The van der Waals surface area contributed by atoms with Crippen LogP contribution in [0.5, 0.6) is 0 Å². The number of hydrogen-bond donors (Lipinski definition) is 1. The first-order chi connectivity index (χ1) is 17.7. The molecule has 2 fully saturated rings. The lowest BCUT2D eigenvalue weighted by Gasteiger charge is -2.35. The van der Waals surface area contributed by atoms with Crippen LogP contribution in [-0.4, -0.2) is 44.9 Å². The van der Waals surface area contributed by atoms with Crippen LogP contribution in [0.1, 0.15) is 68.0 Å². The van der Waals surface area contributed by atoms with Gasteiger partial charge in [0.25, 0.3) is 5.91 Å². The van der Waals surface area contributed by atoms with Crippen LogP contribution in [-0.2, 0) is 10.3 Å². The Kier molecular flexibility index (Phi) is 5.38. The summed E-state index contributed by atoms with van der Waals surface area (Å²) in [6.45, 7) is 7.01. The molecule has 0 bridgehead atoms. The predicted molar refractivity (Wildman–Crippen MR) is 139 cm³/mol. The first kappa shape index (κ1) is 23.7. The molecule has 0 spiro atoms. The summed E-state index contributed by atoms with van der Waals surface area (Å²) in [5, 5.41) is 4.98. The number of fused-ring (bicyclic) bond motifs is 1. The normalized spacial score (nSPS) is 24.8. The second kappa shape index (κ2) is 8.41. The first-order valence-corrected chi connectivity index (χ1v) is 12.7. The van der Waals surface area contributed by atoms with E-state index in [1.54, 1.807) is 11.9 Å². The standard InChI is InChI=1S/C28H31N5O4/c1-17-14-28(17,25-30-26(35)37-31-25)33-22(24(34)32(4)20-8-6-5-7-9-20)13-19-12-21(29-16-23(19)33)18-10-11-36-27(2,3)15-18/h5-9,12-13,16-18H,10-11,14-15H2,1-4H3,(H,30,31,35)/t17-,18?,28-/m0/s1. The molecule has 1 saturated heterocycles. The Bertz CT molecular complexity index is 1530. The second-order valence-electron chi connectivity index (χ2n) is 11.0. The molecule has 192 valence electrons. The van der Waals surface area contributed by atoms with Crippen LogP contribution in [0.25, 0.3) is 10.9 Å². The average Bonchev–Trinajstić information content (AvgIpc) is 3.19. The van der Waals surface area contributed by atoms with Crippen molar-refractivity contribution in [2.24, 2.45) is 5.92 Å². The summed E-state index contributed by atoms with van der Waals surface area (Å²) in [6.07, 6.45) is 4.37. The fourth-order valence-electron chi connectivity index (χ4n) is 5.93. The highest BCUT2D eigenvalue weighted by atomic mass is 16.5. The number of pyridine rings is 1. The maximum Gasteiger partial charge on any atom is 0.438 e. The molecule has 4 heterocycles. The molecule has 1 amide bonds. The molecular formula is C28H31N5O4. The van der Waals surface area contributed by atoms with E-state index >= 15 is 0 Å². The summed E-state index contributed by atoms with van der Waals surface area (Å²) in [5.41, 5.74) is 2.25. The van der Waals surface area contributed by atoms with Gasteiger partial charge >= 0.3 is 5.76 Å². The Hall–Kier alpha value is -3.72. The number of H-pyrrole nitrogens is 1. The van der Waals surface area contributed by atoms with Gasteiger partial charge in [-0.1, -0.05) is 30.3 Å². The third-order valence-corrected chi connectivity index (χ3v) is 8.01. The molecule has 9 nitrogen and oxygen atoms in total. The Morgan fingerprint density at radius 3 is 2.59 bits per heavy atom. The third-order valence-electron chi connectivity index (χ3n) is 8.01. The lowest BCUT2D eigenvalue weighted by molar-refractivity contribution is -0.0597. The lowest BCUT2D eigenvalue weighted by Crippen LogP contribution is -2.33. The van der Waals surface area contributed by atoms with E-state index in [4.69, 9.17) is 14.2 Å². The third kappa shape index (κ3) is 3.89. The fourth-order valence-corrected chi connectivity index (χ4v) is 5.93. The van der Waals surface area contributed by atoms with Crippen molar-refractivity contribution in [3.8, 4) is 0 Å². The number of nitrogens with zero attached hydrogens (tertiary/aromatic N) is 4. The summed E-state index contributed by atoms with van der Waals surface area (Å²) < 4.78 is 12.8. The van der Waals surface area contributed by atoms with Crippen LogP contribution in [0.2, 0.25) is 0 Å². The number of aromatic amines is 1. The number of para-hydroxylation sites is 1. The van der Waals surface area contributed by atoms with E-state index in [1.807, 2.05) is 47.2 Å². The van der Waals surface area contributed by atoms with Gasteiger partial charge in [-0.05, 0) is 63.3 Å². The molecule has 1 aliphatic carbocycles. The molecule has 1 aromatic carbocycles. The van der Waals surface area contributed by atoms with Gasteiger partial charge in [0.15, 0.2) is 5.82 Å². The lowest BCUT2D eigenvalue weighted by atomic mass is 9.86. The van der Waals surface area contributed by atoms with Crippen LogP contribution in [0.4, 0.5) is 5.69 Å². The van der Waals surface area contributed by atoms with Gasteiger partial charge < -0.3 is 14.2 Å². The van der Waals surface area contributed by atoms with Crippen LogP contribution in [0, 0.1) is 5.92 Å². The largest absolute Gasteiger partial charge is 0.438 e. The van der Waals surface area contributed by atoms with E-state index in [2.05, 4.69) is 37.0 Å². The van der Waals surface area contributed by atoms with E-state index in [0.717, 1.165) is 35.1 Å². The molecule has 2 aliphatic rings. The van der Waals surface area contributed by atoms with Gasteiger partial charge in [-0.2, -0.15) is 0 Å². The van der Waals surface area contributed by atoms with Crippen LogP contribution in [0.15, 0.2) is 58.0 Å². The van der Waals surface area contributed by atoms with Crippen molar-refractivity contribution in [3.63, 3.8) is 0 Å². The smallest absolute Gasteiger partial charge is 0.376 e. The molecule has 0 radical (unpaired) electrons. The Morgan fingerprint density at radius 2 is 1.95 bits per heavy atom. The van der Waals surface area contributed by atoms with Crippen molar-refractivity contribution >= 4 is 22.5 Å². The SMILES string of the molecule is C[C@H]1C[C@]1(c1noc(=O)[nH]1)n1c(C(=O)N(C)c2ccccc2)cc2cc(C3CCOC(C)(C)C3)ncc21. The Labute approximate surface area is 214 Å². The number of rotatable bonds is 5. The molecule has 1 saturated carbocycles. The number of benzene rings is 1. The van der Waals surface area contributed by atoms with Crippen LogP contribution < -0.4 is 10.7 Å². The Balaban J connectivity index is 1.51. The van der Waals surface area contributed by atoms with E-state index in [0.29, 0.717) is 24.5 Å². The molecule has 1 unspecified atom stereocenters. The zero-order valence-corrected chi connectivity index (χ0v) is 21.5. The van der Waals surface area contributed by atoms with Gasteiger partial charge in [-0.15, -0.1) is 0 Å². The average molecular weight is 502 g/mol. The molecule has 3 atom stereocenters. The van der Waals surface area contributed by atoms with Gasteiger partial charge in [0.2, 0.25) is 0 Å². The van der Waals surface area contributed by atoms with E-state index < -0.39 is 11.3 Å². The van der Waals surface area contributed by atoms with Gasteiger partial charge in [0, 0.05) is 36.3 Å². The zero-order valence-electron chi connectivity index (χ0n) is 21.5. The van der Waals surface area contributed by atoms with Crippen LogP contribution >= 0.6 is 0 Å². The van der Waals surface area contributed by atoms with E-state index in [9.17, 15) is 9.59 Å². The maximum absolute atomic E-state index is 14.0. The highest BCUT2D eigenvalue weighted by Gasteiger charge is 2.59. The molecule has 4 aromatic rings. The molecule has 6 rings (SSSR count). The summed E-state index contributed by atoms with van der Waals surface area (Å²) in [7, 11) is 1.77. The number of nitrogens with one attached hydrogen (secondary N) is 1. The minimum absolute atomic E-state index is 0.133. The minimum atomic E-state index is -0.694. The van der Waals surface area contributed by atoms with E-state index in [1.165, 1.54) is 0 Å². The highest BCUT2D eigenvalue weighted by Crippen LogP contribution is 2.55. The molecule has 9 heteroatoms. The topological polar surface area (TPSA) is 106 Å². The maximum atomic E-state index is 14.0. The highest BCUT2D eigenvalue weighted by molar-refractivity contribution is 6.08.